The summed E-state index contributed by atoms with van der Waals surface area (Å²) in [5.74, 6) is -0.157. The van der Waals surface area contributed by atoms with E-state index in [9.17, 15) is 18.0 Å². The van der Waals surface area contributed by atoms with E-state index in [1.165, 1.54) is 4.31 Å². The smallest absolute Gasteiger partial charge is 0.238 e. The molecule has 8 nitrogen and oxygen atoms in total. The Kier molecular flexibility index (Phi) is 8.83. The maximum absolute atomic E-state index is 14.2. The van der Waals surface area contributed by atoms with E-state index in [4.69, 9.17) is 4.74 Å². The predicted octanol–water partition coefficient (Wildman–Crippen LogP) is 3.64. The van der Waals surface area contributed by atoms with Crippen LogP contribution in [0.2, 0.25) is 0 Å². The molecule has 0 radical (unpaired) electrons. The Labute approximate surface area is 242 Å². The van der Waals surface area contributed by atoms with Gasteiger partial charge in [0.1, 0.15) is 5.78 Å². The van der Waals surface area contributed by atoms with E-state index in [2.05, 4.69) is 18.7 Å². The van der Waals surface area contributed by atoms with Crippen molar-refractivity contribution in [1.82, 2.24) is 14.1 Å². The Bertz CT molecular complexity index is 1280. The number of benzene rings is 1. The number of Topliss-reactive ketones (excluding diaryl/α,β-unsaturated/α-hetero) is 1. The fourth-order valence-corrected chi connectivity index (χ4v) is 9.65. The number of sulfonamides is 1. The molecule has 2 bridgehead atoms. The monoisotopic (exact) mass is 587 g/mol. The SMILES string of the molecule is CC1(C)C2CCC1(CS(=O)(=O)N(CCN1CCOCC1)CC(=O)N(Cc1ccccc1)Cc1cccs1)C(=O)C2. The number of hydrogen-bond acceptors (Lipinski definition) is 7. The van der Waals surface area contributed by atoms with Crippen LogP contribution in [0.4, 0.5) is 0 Å². The highest BCUT2D eigenvalue weighted by atomic mass is 32.2. The van der Waals surface area contributed by atoms with Crippen LogP contribution < -0.4 is 0 Å². The molecular weight excluding hydrogens is 546 g/mol. The van der Waals surface area contributed by atoms with E-state index >= 15 is 0 Å². The molecule has 1 aromatic carbocycles. The second-order valence-corrected chi connectivity index (χ2v) is 15.0. The standard InChI is InChI=1S/C30H41N3O5S2/c1-29(2)25-10-11-30(29,27(34)19-25)23-40(36,37)33(13-12-31-14-16-38-17-15-31)22-28(35)32(21-26-9-6-18-39-26)20-24-7-4-3-5-8-24/h3-9,18,25H,10-17,19-23H2,1-2H3. The van der Waals surface area contributed by atoms with Gasteiger partial charge < -0.3 is 9.64 Å². The molecule has 40 heavy (non-hydrogen) atoms. The predicted molar refractivity (Wildman–Crippen MR) is 156 cm³/mol. The zero-order valence-corrected chi connectivity index (χ0v) is 25.2. The van der Waals surface area contributed by atoms with Crippen LogP contribution in [0, 0.1) is 16.7 Å². The van der Waals surface area contributed by atoms with E-state index < -0.39 is 15.4 Å². The van der Waals surface area contributed by atoms with Gasteiger partial charge in [0.05, 0.1) is 32.1 Å². The lowest BCUT2D eigenvalue weighted by atomic mass is 9.70. The van der Waals surface area contributed by atoms with Crippen molar-refractivity contribution in [2.75, 3.05) is 51.7 Å². The molecule has 1 saturated heterocycles. The Morgan fingerprint density at radius 1 is 1.10 bits per heavy atom. The molecule has 2 saturated carbocycles. The van der Waals surface area contributed by atoms with Gasteiger partial charge in [0.25, 0.3) is 0 Å². The van der Waals surface area contributed by atoms with E-state index in [-0.39, 0.29) is 41.9 Å². The average Bonchev–Trinajstić information content (AvgIpc) is 3.58. The third kappa shape index (κ3) is 6.06. The first-order valence-corrected chi connectivity index (χ1v) is 16.7. The van der Waals surface area contributed by atoms with Gasteiger partial charge in [-0.05, 0) is 41.2 Å². The summed E-state index contributed by atoms with van der Waals surface area (Å²) in [4.78, 5) is 32.1. The fourth-order valence-electron chi connectivity index (χ4n) is 6.78. The van der Waals surface area contributed by atoms with Gasteiger partial charge >= 0.3 is 0 Å². The first kappa shape index (κ1) is 29.4. The summed E-state index contributed by atoms with van der Waals surface area (Å²) in [5.41, 5.74) is -0.253. The molecule has 2 aromatic rings. The van der Waals surface area contributed by atoms with Gasteiger partial charge in [-0.1, -0.05) is 50.2 Å². The van der Waals surface area contributed by atoms with Crippen molar-refractivity contribution >= 4 is 33.1 Å². The van der Waals surface area contributed by atoms with Gasteiger partial charge in [0.2, 0.25) is 15.9 Å². The number of hydrogen-bond donors (Lipinski definition) is 0. The highest BCUT2D eigenvalue weighted by Gasteiger charge is 2.65. The van der Waals surface area contributed by atoms with Crippen LogP contribution in [0.3, 0.4) is 0 Å². The summed E-state index contributed by atoms with van der Waals surface area (Å²) < 4.78 is 35.2. The Morgan fingerprint density at radius 2 is 1.85 bits per heavy atom. The van der Waals surface area contributed by atoms with Crippen molar-refractivity contribution in [2.45, 2.75) is 46.2 Å². The number of carbonyl (C=O) groups excluding carboxylic acids is 2. The molecule has 2 atom stereocenters. The van der Waals surface area contributed by atoms with Crippen LogP contribution in [0.1, 0.15) is 43.6 Å². The first-order chi connectivity index (χ1) is 19.1. The number of amides is 1. The number of ketones is 1. The minimum absolute atomic E-state index is 0.0696. The second kappa shape index (κ2) is 12.0. The van der Waals surface area contributed by atoms with Gasteiger partial charge in [-0.3, -0.25) is 14.5 Å². The van der Waals surface area contributed by atoms with E-state index in [1.54, 1.807) is 16.2 Å². The third-order valence-electron chi connectivity index (χ3n) is 9.54. The van der Waals surface area contributed by atoms with Gasteiger partial charge in [0.15, 0.2) is 0 Å². The first-order valence-electron chi connectivity index (χ1n) is 14.3. The summed E-state index contributed by atoms with van der Waals surface area (Å²) in [6.07, 6.45) is 1.94. The van der Waals surface area contributed by atoms with Crippen LogP contribution in [0.5, 0.6) is 0 Å². The average molecular weight is 588 g/mol. The Hall–Kier alpha value is -2.11. The quantitative estimate of drug-likeness (QED) is 0.377. The lowest BCUT2D eigenvalue weighted by Crippen LogP contribution is -2.51. The normalized spacial score (nSPS) is 24.6. The Morgan fingerprint density at radius 3 is 2.48 bits per heavy atom. The molecule has 0 N–H and O–H groups in total. The number of thiophene rings is 1. The lowest BCUT2D eigenvalue weighted by Gasteiger charge is -2.38. The molecule has 2 unspecified atom stereocenters. The largest absolute Gasteiger partial charge is 0.379 e. The minimum Gasteiger partial charge on any atom is -0.379 e. The summed E-state index contributed by atoms with van der Waals surface area (Å²) >= 11 is 1.58. The second-order valence-electron chi connectivity index (χ2n) is 12.0. The number of nitrogens with zero attached hydrogens (tertiary/aromatic N) is 3. The van der Waals surface area contributed by atoms with Gasteiger partial charge in [-0.2, -0.15) is 4.31 Å². The number of ether oxygens (including phenoxy) is 1. The summed E-state index contributed by atoms with van der Waals surface area (Å²) in [6, 6.07) is 13.7. The van der Waals surface area contributed by atoms with Crippen molar-refractivity contribution in [3.8, 4) is 0 Å². The summed E-state index contributed by atoms with van der Waals surface area (Å²) in [5, 5.41) is 1.98. The fraction of sp³-hybridized carbons (Fsp3) is 0.600. The third-order valence-corrected chi connectivity index (χ3v) is 12.4. The van der Waals surface area contributed by atoms with E-state index in [0.29, 0.717) is 45.7 Å². The highest BCUT2D eigenvalue weighted by molar-refractivity contribution is 7.89. The van der Waals surface area contributed by atoms with Crippen LogP contribution in [0.15, 0.2) is 47.8 Å². The van der Waals surface area contributed by atoms with Crippen LogP contribution in [-0.4, -0.2) is 85.9 Å². The maximum atomic E-state index is 14.2. The molecule has 2 heterocycles. The Balaban J connectivity index is 1.38. The number of fused-ring (bicyclic) bond motifs is 2. The molecule has 1 aromatic heterocycles. The van der Waals surface area contributed by atoms with Gasteiger partial charge in [0, 0.05) is 49.4 Å². The van der Waals surface area contributed by atoms with Crippen molar-refractivity contribution < 1.29 is 22.7 Å². The zero-order valence-electron chi connectivity index (χ0n) is 23.6. The zero-order chi connectivity index (χ0) is 28.4. The molecule has 3 fully saturated rings. The van der Waals surface area contributed by atoms with Crippen LogP contribution in [-0.2, 0) is 37.4 Å². The van der Waals surface area contributed by atoms with E-state index in [0.717, 1.165) is 30.0 Å². The summed E-state index contributed by atoms with van der Waals surface area (Å²) in [6.45, 7) is 8.11. The van der Waals surface area contributed by atoms with Gasteiger partial charge in [-0.25, -0.2) is 8.42 Å². The molecule has 0 spiro atoms. The van der Waals surface area contributed by atoms with Crippen LogP contribution in [0.25, 0.3) is 0 Å². The highest BCUT2D eigenvalue weighted by Crippen LogP contribution is 2.64. The minimum atomic E-state index is -3.91. The summed E-state index contributed by atoms with van der Waals surface area (Å²) in [7, 11) is -3.91. The van der Waals surface area contributed by atoms with Crippen molar-refractivity contribution in [3.63, 3.8) is 0 Å². The molecule has 5 rings (SSSR count). The topological polar surface area (TPSA) is 87.2 Å². The lowest BCUT2D eigenvalue weighted by molar-refractivity contribution is -0.132. The van der Waals surface area contributed by atoms with Crippen molar-refractivity contribution in [1.29, 1.82) is 0 Å². The molecule has 1 aliphatic heterocycles. The molecule has 3 aliphatic rings. The van der Waals surface area contributed by atoms with E-state index in [1.807, 2.05) is 47.8 Å². The molecular formula is C30H41N3O5S2. The van der Waals surface area contributed by atoms with Crippen LogP contribution >= 0.6 is 11.3 Å². The maximum Gasteiger partial charge on any atom is 0.238 e. The molecule has 2 aliphatic carbocycles. The van der Waals surface area contributed by atoms with Crippen molar-refractivity contribution in [2.24, 2.45) is 16.7 Å². The molecule has 10 heteroatoms. The number of rotatable bonds is 12. The van der Waals surface area contributed by atoms with Crippen molar-refractivity contribution in [3.05, 3.63) is 58.3 Å². The number of carbonyl (C=O) groups is 2. The number of morpholine rings is 1. The molecule has 218 valence electrons. The van der Waals surface area contributed by atoms with Gasteiger partial charge in [-0.15, -0.1) is 11.3 Å². The molecule has 1 amide bonds.